The fourth-order valence-corrected chi connectivity index (χ4v) is 0.852. The molecule has 10 heavy (non-hydrogen) atoms. The maximum Gasteiger partial charge on any atom is 0.139 e. The fraction of sp³-hybridized carbons (Fsp3) is 0.500. The van der Waals surface area contributed by atoms with Gasteiger partial charge in [0.05, 0.1) is 0 Å². The van der Waals surface area contributed by atoms with E-state index in [2.05, 4.69) is 17.5 Å². The van der Waals surface area contributed by atoms with Crippen LogP contribution in [0.4, 0.5) is 0 Å². The van der Waals surface area contributed by atoms with Gasteiger partial charge < -0.3 is 4.74 Å². The van der Waals surface area contributed by atoms with Crippen LogP contribution in [0.2, 0.25) is 0 Å². The summed E-state index contributed by atoms with van der Waals surface area (Å²) < 4.78 is 5.30. The molecule has 1 aliphatic rings. The van der Waals surface area contributed by atoms with E-state index >= 15 is 0 Å². The lowest BCUT2D eigenvalue weighted by atomic mass is 10.2. The van der Waals surface area contributed by atoms with Crippen LogP contribution in [0.5, 0.6) is 0 Å². The van der Waals surface area contributed by atoms with Crippen molar-refractivity contribution < 1.29 is 4.74 Å². The molecule has 0 atom stereocenters. The standard InChI is InChI=1S/C8H13NO/c1-9-7-10-8-5-3-2-4-6-8/h3,5-6,9H,2,4,7H2,1H3. The van der Waals surface area contributed by atoms with Crippen LogP contribution in [-0.2, 0) is 4.74 Å². The normalized spacial score (nSPS) is 16.7. The Bertz CT molecular complexity index is 149. The SMILES string of the molecule is CNCOC1=CCCC=C1. The summed E-state index contributed by atoms with van der Waals surface area (Å²) in [7, 11) is 1.87. The molecule has 0 amide bonds. The van der Waals surface area contributed by atoms with Crippen molar-refractivity contribution in [2.75, 3.05) is 13.8 Å². The van der Waals surface area contributed by atoms with Crippen molar-refractivity contribution in [2.24, 2.45) is 0 Å². The molecule has 2 heteroatoms. The van der Waals surface area contributed by atoms with Crippen LogP contribution in [-0.4, -0.2) is 13.8 Å². The van der Waals surface area contributed by atoms with Gasteiger partial charge in [-0.15, -0.1) is 0 Å². The third-order valence-corrected chi connectivity index (χ3v) is 1.34. The summed E-state index contributed by atoms with van der Waals surface area (Å²) in [5.74, 6) is 0.987. The summed E-state index contributed by atoms with van der Waals surface area (Å²) in [4.78, 5) is 0. The minimum atomic E-state index is 0.593. The molecular formula is C8H13NO. The minimum absolute atomic E-state index is 0.593. The van der Waals surface area contributed by atoms with Gasteiger partial charge in [-0.05, 0) is 32.0 Å². The quantitative estimate of drug-likeness (QED) is 0.597. The number of hydrogen-bond acceptors (Lipinski definition) is 2. The zero-order valence-electron chi connectivity index (χ0n) is 6.26. The van der Waals surface area contributed by atoms with Gasteiger partial charge in [0.1, 0.15) is 12.5 Å². The molecule has 0 fully saturated rings. The van der Waals surface area contributed by atoms with Crippen molar-refractivity contribution in [2.45, 2.75) is 12.8 Å². The van der Waals surface area contributed by atoms with Crippen molar-refractivity contribution in [3.8, 4) is 0 Å². The predicted molar refractivity (Wildman–Crippen MR) is 41.5 cm³/mol. The molecule has 0 heterocycles. The summed E-state index contributed by atoms with van der Waals surface area (Å²) in [6.07, 6.45) is 8.51. The predicted octanol–water partition coefficient (Wildman–Crippen LogP) is 1.41. The molecule has 0 spiro atoms. The summed E-state index contributed by atoms with van der Waals surface area (Å²) >= 11 is 0. The molecule has 1 aliphatic carbocycles. The van der Waals surface area contributed by atoms with Crippen LogP contribution in [0.25, 0.3) is 0 Å². The highest BCUT2D eigenvalue weighted by atomic mass is 16.5. The van der Waals surface area contributed by atoms with E-state index in [0.717, 1.165) is 18.6 Å². The number of rotatable bonds is 3. The third-order valence-electron chi connectivity index (χ3n) is 1.34. The summed E-state index contributed by atoms with van der Waals surface area (Å²) in [5, 5.41) is 2.92. The average molecular weight is 139 g/mol. The van der Waals surface area contributed by atoms with Crippen LogP contribution >= 0.6 is 0 Å². The fourth-order valence-electron chi connectivity index (χ4n) is 0.852. The largest absolute Gasteiger partial charge is 0.479 e. The second kappa shape index (κ2) is 4.12. The maximum atomic E-state index is 5.30. The van der Waals surface area contributed by atoms with Crippen LogP contribution < -0.4 is 5.32 Å². The van der Waals surface area contributed by atoms with E-state index in [1.165, 1.54) is 0 Å². The zero-order valence-corrected chi connectivity index (χ0v) is 6.26. The van der Waals surface area contributed by atoms with Gasteiger partial charge in [-0.2, -0.15) is 0 Å². The van der Waals surface area contributed by atoms with E-state index in [0.29, 0.717) is 6.73 Å². The molecule has 56 valence electrons. The van der Waals surface area contributed by atoms with Crippen LogP contribution in [0.3, 0.4) is 0 Å². The molecule has 0 aliphatic heterocycles. The molecule has 0 saturated carbocycles. The van der Waals surface area contributed by atoms with Gasteiger partial charge in [-0.3, -0.25) is 5.32 Å². The Kier molecular flexibility index (Phi) is 3.03. The molecule has 1 rings (SSSR count). The van der Waals surface area contributed by atoms with Crippen molar-refractivity contribution in [1.29, 1.82) is 0 Å². The van der Waals surface area contributed by atoms with E-state index < -0.39 is 0 Å². The smallest absolute Gasteiger partial charge is 0.139 e. The third kappa shape index (κ3) is 2.23. The monoisotopic (exact) mass is 139 g/mol. The van der Waals surface area contributed by atoms with E-state index in [-0.39, 0.29) is 0 Å². The molecule has 0 radical (unpaired) electrons. The minimum Gasteiger partial charge on any atom is -0.479 e. The van der Waals surface area contributed by atoms with Gasteiger partial charge in [0.2, 0.25) is 0 Å². The van der Waals surface area contributed by atoms with Crippen molar-refractivity contribution in [3.63, 3.8) is 0 Å². The first kappa shape index (κ1) is 7.35. The van der Waals surface area contributed by atoms with E-state index in [9.17, 15) is 0 Å². The number of ether oxygens (including phenoxy) is 1. The van der Waals surface area contributed by atoms with Crippen molar-refractivity contribution in [3.05, 3.63) is 24.0 Å². The first-order chi connectivity index (χ1) is 4.93. The van der Waals surface area contributed by atoms with Gasteiger partial charge in [-0.25, -0.2) is 0 Å². The summed E-state index contributed by atoms with van der Waals surface area (Å²) in [5.41, 5.74) is 0. The Labute approximate surface area is 61.6 Å². The Balaban J connectivity index is 2.26. The van der Waals surface area contributed by atoms with Crippen LogP contribution in [0.1, 0.15) is 12.8 Å². The second-order valence-corrected chi connectivity index (χ2v) is 2.23. The lowest BCUT2D eigenvalue weighted by Crippen LogP contribution is -2.11. The van der Waals surface area contributed by atoms with Gasteiger partial charge >= 0.3 is 0 Å². The van der Waals surface area contributed by atoms with Gasteiger partial charge in [0, 0.05) is 0 Å². The zero-order chi connectivity index (χ0) is 7.23. The number of nitrogens with one attached hydrogen (secondary N) is 1. The van der Waals surface area contributed by atoms with E-state index in [1.807, 2.05) is 13.1 Å². The molecule has 0 bridgehead atoms. The second-order valence-electron chi connectivity index (χ2n) is 2.23. The Morgan fingerprint density at radius 1 is 1.60 bits per heavy atom. The average Bonchev–Trinajstić information content (AvgIpc) is 2.03. The van der Waals surface area contributed by atoms with Gasteiger partial charge in [0.25, 0.3) is 0 Å². The molecule has 2 nitrogen and oxygen atoms in total. The Morgan fingerprint density at radius 3 is 3.10 bits per heavy atom. The Morgan fingerprint density at radius 2 is 2.50 bits per heavy atom. The van der Waals surface area contributed by atoms with Crippen LogP contribution in [0, 0.1) is 0 Å². The topological polar surface area (TPSA) is 21.3 Å². The van der Waals surface area contributed by atoms with Gasteiger partial charge in [-0.1, -0.05) is 6.08 Å². The highest BCUT2D eigenvalue weighted by Crippen LogP contribution is 2.09. The molecule has 1 N–H and O–H groups in total. The van der Waals surface area contributed by atoms with Crippen LogP contribution in [0.15, 0.2) is 24.0 Å². The summed E-state index contributed by atoms with van der Waals surface area (Å²) in [6, 6.07) is 0. The summed E-state index contributed by atoms with van der Waals surface area (Å²) in [6.45, 7) is 0.593. The maximum absolute atomic E-state index is 5.30. The molecule has 0 unspecified atom stereocenters. The molecule has 0 aromatic rings. The van der Waals surface area contributed by atoms with E-state index in [1.54, 1.807) is 0 Å². The van der Waals surface area contributed by atoms with Crippen molar-refractivity contribution in [1.82, 2.24) is 5.32 Å². The first-order valence-corrected chi connectivity index (χ1v) is 3.57. The Hall–Kier alpha value is -0.760. The van der Waals surface area contributed by atoms with Crippen molar-refractivity contribution >= 4 is 0 Å². The van der Waals surface area contributed by atoms with E-state index in [4.69, 9.17) is 4.74 Å². The highest BCUT2D eigenvalue weighted by Gasteiger charge is 1.95. The molecular weight excluding hydrogens is 126 g/mol. The lowest BCUT2D eigenvalue weighted by Gasteiger charge is -2.08. The lowest BCUT2D eigenvalue weighted by molar-refractivity contribution is 0.206. The molecule has 0 aromatic carbocycles. The highest BCUT2D eigenvalue weighted by molar-refractivity contribution is 5.15. The number of allylic oxidation sites excluding steroid dienone is 3. The first-order valence-electron chi connectivity index (χ1n) is 3.57. The molecule has 0 aromatic heterocycles. The molecule has 0 saturated heterocycles. The van der Waals surface area contributed by atoms with Gasteiger partial charge in [0.15, 0.2) is 0 Å². The number of hydrogen-bond donors (Lipinski definition) is 1.